The highest BCUT2D eigenvalue weighted by Gasteiger charge is 2.41. The van der Waals surface area contributed by atoms with E-state index >= 15 is 0 Å². The lowest BCUT2D eigenvalue weighted by molar-refractivity contribution is -0.0154. The fraction of sp³-hybridized carbons (Fsp3) is 0.706. The molecule has 1 saturated carbocycles. The van der Waals surface area contributed by atoms with Crippen molar-refractivity contribution in [2.75, 3.05) is 19.1 Å². The fourth-order valence-electron chi connectivity index (χ4n) is 3.44. The predicted octanol–water partition coefficient (Wildman–Crippen LogP) is 3.06. The molecule has 0 aliphatic heterocycles. The number of nitrogens with zero attached hydrogens (tertiary/aromatic N) is 1. The van der Waals surface area contributed by atoms with Gasteiger partial charge in [0.1, 0.15) is 17.8 Å². The van der Waals surface area contributed by atoms with Crippen LogP contribution in [-0.2, 0) is 10.3 Å². The number of pyridine rings is 1. The Hall–Kier alpha value is -0.880. The van der Waals surface area contributed by atoms with Crippen molar-refractivity contribution in [3.05, 3.63) is 22.8 Å². The average molecular weight is 342 g/mol. The van der Waals surface area contributed by atoms with Crippen LogP contribution in [-0.4, -0.2) is 29.5 Å². The van der Waals surface area contributed by atoms with Crippen molar-refractivity contribution in [2.45, 2.75) is 58.0 Å². The van der Waals surface area contributed by atoms with Crippen molar-refractivity contribution >= 4 is 17.4 Å². The third-order valence-electron chi connectivity index (χ3n) is 4.85. The Morgan fingerprint density at radius 1 is 1.35 bits per heavy atom. The topological polar surface area (TPSA) is 80.4 Å². The van der Waals surface area contributed by atoms with E-state index in [0.29, 0.717) is 23.0 Å². The molecule has 1 aromatic rings. The molecule has 6 heteroatoms. The number of nitrogens with two attached hydrogens (primary N) is 1. The van der Waals surface area contributed by atoms with Crippen molar-refractivity contribution in [1.29, 1.82) is 0 Å². The second kappa shape index (κ2) is 7.34. The van der Waals surface area contributed by atoms with Gasteiger partial charge in [0.25, 0.3) is 0 Å². The molecule has 130 valence electrons. The number of nitrogen functional groups attached to an aromatic ring is 1. The first-order chi connectivity index (χ1) is 10.8. The van der Waals surface area contributed by atoms with E-state index in [1.165, 1.54) is 0 Å². The van der Waals surface area contributed by atoms with Gasteiger partial charge in [-0.15, -0.1) is 0 Å². The van der Waals surface area contributed by atoms with Gasteiger partial charge < -0.3 is 20.9 Å². The third-order valence-corrected chi connectivity index (χ3v) is 5.06. The van der Waals surface area contributed by atoms with Gasteiger partial charge in [0.05, 0.1) is 6.61 Å². The van der Waals surface area contributed by atoms with Gasteiger partial charge >= 0.3 is 0 Å². The number of ether oxygens (including phenoxy) is 1. The highest BCUT2D eigenvalue weighted by atomic mass is 35.5. The summed E-state index contributed by atoms with van der Waals surface area (Å²) in [5.41, 5.74) is 7.29. The Balaban J connectivity index is 2.28. The first-order valence-electron chi connectivity index (χ1n) is 8.17. The van der Waals surface area contributed by atoms with E-state index in [1.807, 2.05) is 6.07 Å². The minimum absolute atomic E-state index is 0.0958. The lowest BCUT2D eigenvalue weighted by Gasteiger charge is -2.46. The van der Waals surface area contributed by atoms with Crippen LogP contribution in [0.4, 0.5) is 5.82 Å². The molecule has 5 nitrogen and oxygen atoms in total. The van der Waals surface area contributed by atoms with Crippen LogP contribution in [0.2, 0.25) is 5.15 Å². The molecule has 1 aliphatic carbocycles. The minimum Gasteiger partial charge on any atom is -0.383 e. The molecule has 0 amide bonds. The Bertz CT molecular complexity index is 527. The summed E-state index contributed by atoms with van der Waals surface area (Å²) >= 11 is 5.96. The van der Waals surface area contributed by atoms with Crippen molar-refractivity contribution < 1.29 is 9.84 Å². The zero-order chi connectivity index (χ0) is 17.1. The van der Waals surface area contributed by atoms with Crippen molar-refractivity contribution in [3.8, 4) is 0 Å². The monoisotopic (exact) mass is 341 g/mol. The van der Waals surface area contributed by atoms with Gasteiger partial charge in [-0.05, 0) is 44.1 Å². The molecule has 1 aromatic heterocycles. The summed E-state index contributed by atoms with van der Waals surface area (Å²) < 4.78 is 5.13. The molecule has 0 saturated heterocycles. The first-order valence-corrected chi connectivity index (χ1v) is 8.55. The Morgan fingerprint density at radius 3 is 2.57 bits per heavy atom. The smallest absolute Gasteiger partial charge is 0.143 e. The normalized spacial score (nSPS) is 21.1. The van der Waals surface area contributed by atoms with E-state index in [-0.39, 0.29) is 18.4 Å². The average Bonchev–Trinajstić information content (AvgIpc) is 2.48. The van der Waals surface area contributed by atoms with Crippen LogP contribution in [0, 0.1) is 5.41 Å². The first kappa shape index (κ1) is 18.5. The maximum Gasteiger partial charge on any atom is 0.143 e. The van der Waals surface area contributed by atoms with Crippen LogP contribution in [0.15, 0.2) is 12.1 Å². The zero-order valence-corrected chi connectivity index (χ0v) is 15.0. The predicted molar refractivity (Wildman–Crippen MR) is 93.2 cm³/mol. The molecular formula is C17H28ClN3O2. The number of anilines is 1. The lowest BCUT2D eigenvalue weighted by atomic mass is 9.67. The van der Waals surface area contributed by atoms with Crippen LogP contribution in [0.3, 0.4) is 0 Å². The number of rotatable bonds is 6. The van der Waals surface area contributed by atoms with Crippen molar-refractivity contribution in [3.63, 3.8) is 0 Å². The van der Waals surface area contributed by atoms with Gasteiger partial charge in [-0.3, -0.25) is 0 Å². The number of aromatic nitrogens is 1. The molecule has 1 fully saturated rings. The van der Waals surface area contributed by atoms with Gasteiger partial charge in [-0.2, -0.15) is 0 Å². The number of hydrogen-bond acceptors (Lipinski definition) is 5. The molecule has 23 heavy (non-hydrogen) atoms. The summed E-state index contributed by atoms with van der Waals surface area (Å²) in [5.74, 6) is 0.486. The number of hydrogen-bond donors (Lipinski definition) is 3. The van der Waals surface area contributed by atoms with Crippen LogP contribution in [0.1, 0.15) is 52.0 Å². The van der Waals surface area contributed by atoms with Gasteiger partial charge in [-0.1, -0.05) is 31.5 Å². The molecule has 0 bridgehead atoms. The van der Waals surface area contributed by atoms with Crippen LogP contribution in [0.5, 0.6) is 0 Å². The number of nitrogens with one attached hydrogen (secondary N) is 1. The third kappa shape index (κ3) is 4.57. The Labute approximate surface area is 143 Å². The van der Waals surface area contributed by atoms with E-state index in [4.69, 9.17) is 27.2 Å². The molecule has 0 unspecified atom stereocenters. The van der Waals surface area contributed by atoms with Crippen molar-refractivity contribution in [1.82, 2.24) is 10.3 Å². The van der Waals surface area contributed by atoms with Crippen LogP contribution >= 0.6 is 11.6 Å². The van der Waals surface area contributed by atoms with Gasteiger partial charge in [-0.25, -0.2) is 4.98 Å². The molecule has 0 spiro atoms. The summed E-state index contributed by atoms with van der Waals surface area (Å²) in [6.07, 6.45) is 4.18. The number of aliphatic hydroxyl groups excluding tert-OH is 1. The minimum atomic E-state index is -0.267. The molecular weight excluding hydrogens is 314 g/mol. The highest BCUT2D eigenvalue weighted by Crippen LogP contribution is 2.46. The largest absolute Gasteiger partial charge is 0.383 e. The van der Waals surface area contributed by atoms with Crippen molar-refractivity contribution in [2.24, 2.45) is 5.41 Å². The van der Waals surface area contributed by atoms with Gasteiger partial charge in [0, 0.05) is 17.1 Å². The second-order valence-corrected chi connectivity index (χ2v) is 7.75. The summed E-state index contributed by atoms with van der Waals surface area (Å²) in [6, 6.07) is 3.87. The SMILES string of the molecule is C[C@H](COCO)NC1(c2ccc(Cl)nc2N)CCC(C)(C)CC1. The fourth-order valence-corrected chi connectivity index (χ4v) is 3.60. The molecule has 2 rings (SSSR count). The zero-order valence-electron chi connectivity index (χ0n) is 14.2. The van der Waals surface area contributed by atoms with E-state index in [2.05, 4.69) is 31.1 Å². The summed E-state index contributed by atoms with van der Waals surface area (Å²) in [7, 11) is 0. The molecule has 4 N–H and O–H groups in total. The Kier molecular flexibility index (Phi) is 5.89. The molecule has 1 atom stereocenters. The molecule has 1 aliphatic rings. The van der Waals surface area contributed by atoms with Crippen LogP contribution in [0.25, 0.3) is 0 Å². The van der Waals surface area contributed by atoms with E-state index in [1.54, 1.807) is 6.07 Å². The number of aliphatic hydroxyl groups is 1. The lowest BCUT2D eigenvalue weighted by Crippen LogP contribution is -2.51. The number of halogens is 1. The van der Waals surface area contributed by atoms with Gasteiger partial charge in [0.2, 0.25) is 0 Å². The summed E-state index contributed by atoms with van der Waals surface area (Å²) in [6.45, 7) is 6.84. The second-order valence-electron chi connectivity index (χ2n) is 7.36. The standard InChI is InChI=1S/C17H28ClN3O2/c1-12(10-23-11-22)21-17(8-6-16(2,3)7-9-17)13-4-5-14(18)20-15(13)19/h4-5,12,21-22H,6-11H2,1-3H3,(H2,19,20)/t12-/m1/s1. The maximum absolute atomic E-state index is 8.85. The van der Waals surface area contributed by atoms with E-state index < -0.39 is 0 Å². The molecule has 1 heterocycles. The molecule has 0 aromatic carbocycles. The quantitative estimate of drug-likeness (QED) is 0.547. The van der Waals surface area contributed by atoms with E-state index in [9.17, 15) is 0 Å². The maximum atomic E-state index is 8.85. The summed E-state index contributed by atoms with van der Waals surface area (Å²) in [4.78, 5) is 4.23. The summed E-state index contributed by atoms with van der Waals surface area (Å²) in [5, 5.41) is 12.9. The van der Waals surface area contributed by atoms with E-state index in [0.717, 1.165) is 31.2 Å². The van der Waals surface area contributed by atoms with Gasteiger partial charge in [0.15, 0.2) is 0 Å². The highest BCUT2D eigenvalue weighted by molar-refractivity contribution is 6.29. The Morgan fingerprint density at radius 2 is 2.00 bits per heavy atom. The molecule has 0 radical (unpaired) electrons. The van der Waals surface area contributed by atoms with Crippen LogP contribution < -0.4 is 11.1 Å².